The molecular weight excluding hydrogens is 356 g/mol. The Balaban J connectivity index is 3.26. The molecule has 0 aliphatic rings. The Morgan fingerprint density at radius 3 is 1.46 bits per heavy atom. The Labute approximate surface area is 177 Å². The molecule has 1 aromatic carbocycles. The molecule has 1 aromatic rings. The molecule has 0 spiro atoms. The van der Waals surface area contributed by atoms with E-state index in [0.717, 1.165) is 0 Å². The van der Waals surface area contributed by atoms with E-state index in [0.29, 0.717) is 5.79 Å². The van der Waals surface area contributed by atoms with Crippen LogP contribution in [0.3, 0.4) is 0 Å². The van der Waals surface area contributed by atoms with Crippen LogP contribution in [0.1, 0.15) is 79.1 Å². The SMILES string of the molecule is C=C[SiH](c1ccccc1)C(N(CCCC)CCCC)N(CCCC)CCCC. The van der Waals surface area contributed by atoms with Crippen LogP contribution in [0.4, 0.5) is 0 Å². The summed E-state index contributed by atoms with van der Waals surface area (Å²) in [5.41, 5.74) is 2.34. The smallest absolute Gasteiger partial charge is 0.129 e. The third-order valence-corrected chi connectivity index (χ3v) is 8.85. The van der Waals surface area contributed by atoms with Gasteiger partial charge in [0.25, 0.3) is 0 Å². The highest BCUT2D eigenvalue weighted by Gasteiger charge is 2.32. The van der Waals surface area contributed by atoms with Crippen LogP contribution < -0.4 is 5.19 Å². The van der Waals surface area contributed by atoms with Crippen molar-refractivity contribution in [2.75, 3.05) is 26.2 Å². The number of hydrogen-bond acceptors (Lipinski definition) is 2. The topological polar surface area (TPSA) is 6.48 Å². The van der Waals surface area contributed by atoms with Crippen molar-refractivity contribution in [3.05, 3.63) is 42.6 Å². The Bertz CT molecular complexity index is 455. The van der Waals surface area contributed by atoms with Crippen molar-refractivity contribution < 1.29 is 0 Å². The molecule has 0 saturated carbocycles. The quantitative estimate of drug-likeness (QED) is 0.250. The minimum Gasteiger partial charge on any atom is -0.290 e. The molecule has 1 rings (SSSR count). The van der Waals surface area contributed by atoms with Gasteiger partial charge in [0, 0.05) is 0 Å². The van der Waals surface area contributed by atoms with Gasteiger partial charge in [0.05, 0.1) is 5.79 Å². The second-order valence-corrected chi connectivity index (χ2v) is 10.9. The lowest BCUT2D eigenvalue weighted by atomic mass is 10.2. The fraction of sp³-hybridized carbons (Fsp3) is 0.680. The van der Waals surface area contributed by atoms with Crippen LogP contribution in [-0.2, 0) is 0 Å². The highest BCUT2D eigenvalue weighted by atomic mass is 28.3. The zero-order valence-electron chi connectivity index (χ0n) is 19.2. The van der Waals surface area contributed by atoms with E-state index in [1.165, 1.54) is 77.5 Å². The molecule has 0 aromatic heterocycles. The molecule has 0 saturated heterocycles. The van der Waals surface area contributed by atoms with E-state index >= 15 is 0 Å². The third-order valence-electron chi connectivity index (χ3n) is 5.70. The molecule has 1 unspecified atom stereocenters. The van der Waals surface area contributed by atoms with Gasteiger partial charge < -0.3 is 0 Å². The second kappa shape index (κ2) is 16.0. The lowest BCUT2D eigenvalue weighted by molar-refractivity contribution is 0.0892. The Kier molecular flexibility index (Phi) is 14.3. The van der Waals surface area contributed by atoms with Gasteiger partial charge >= 0.3 is 0 Å². The summed E-state index contributed by atoms with van der Waals surface area (Å²) >= 11 is 0. The molecular formula is C25H46N2Si. The first-order valence-electron chi connectivity index (χ1n) is 11.9. The summed E-state index contributed by atoms with van der Waals surface area (Å²) in [5, 5.41) is 1.54. The first kappa shape index (κ1) is 25.1. The number of unbranched alkanes of at least 4 members (excludes halogenated alkanes) is 4. The molecule has 28 heavy (non-hydrogen) atoms. The number of benzene rings is 1. The molecule has 0 aliphatic heterocycles. The van der Waals surface area contributed by atoms with Gasteiger partial charge in [0.15, 0.2) is 0 Å². The molecule has 0 aliphatic carbocycles. The van der Waals surface area contributed by atoms with Crippen LogP contribution in [0, 0.1) is 0 Å². The summed E-state index contributed by atoms with van der Waals surface area (Å²) in [6.07, 6.45) is 10.3. The standard InChI is InChI=1S/C25H46N2Si/c1-6-11-20-26(21-12-7-2)25(27(22-13-8-3)23-14-9-4)28(10-5)24-18-16-15-17-19-24/h10,15-19,25,28H,5-9,11-14,20-23H2,1-4H3. The lowest BCUT2D eigenvalue weighted by Crippen LogP contribution is -2.61. The average Bonchev–Trinajstić information content (AvgIpc) is 2.74. The van der Waals surface area contributed by atoms with Gasteiger partial charge in [0.2, 0.25) is 0 Å². The molecule has 0 fully saturated rings. The van der Waals surface area contributed by atoms with E-state index < -0.39 is 8.80 Å². The largest absolute Gasteiger partial charge is 0.290 e. The second-order valence-electron chi connectivity index (χ2n) is 8.07. The van der Waals surface area contributed by atoms with Gasteiger partial charge in [-0.05, 0) is 51.9 Å². The summed E-state index contributed by atoms with van der Waals surface area (Å²) in [6.45, 7) is 18.5. The lowest BCUT2D eigenvalue weighted by Gasteiger charge is -2.43. The van der Waals surface area contributed by atoms with Crippen LogP contribution in [0.15, 0.2) is 42.6 Å². The van der Waals surface area contributed by atoms with Crippen molar-refractivity contribution >= 4 is 14.0 Å². The van der Waals surface area contributed by atoms with Crippen molar-refractivity contribution in [1.29, 1.82) is 0 Å². The van der Waals surface area contributed by atoms with Crippen molar-refractivity contribution in [3.63, 3.8) is 0 Å². The highest BCUT2D eigenvalue weighted by Crippen LogP contribution is 2.16. The summed E-state index contributed by atoms with van der Waals surface area (Å²) in [7, 11) is -1.36. The summed E-state index contributed by atoms with van der Waals surface area (Å²) < 4.78 is 0. The Hall–Kier alpha value is -0.903. The Morgan fingerprint density at radius 2 is 1.14 bits per heavy atom. The minimum absolute atomic E-state index is 0.552. The van der Waals surface area contributed by atoms with Crippen LogP contribution in [0.25, 0.3) is 0 Å². The first-order chi connectivity index (χ1) is 13.7. The van der Waals surface area contributed by atoms with E-state index in [4.69, 9.17) is 0 Å². The fourth-order valence-electron chi connectivity index (χ4n) is 3.99. The predicted octanol–water partition coefficient (Wildman–Crippen LogP) is 5.52. The van der Waals surface area contributed by atoms with Gasteiger partial charge in [-0.25, -0.2) is 0 Å². The van der Waals surface area contributed by atoms with Crippen LogP contribution in [-0.4, -0.2) is 50.6 Å². The fourth-order valence-corrected chi connectivity index (χ4v) is 7.02. The summed E-state index contributed by atoms with van der Waals surface area (Å²) in [5.74, 6) is 0.552. The van der Waals surface area contributed by atoms with Crippen molar-refractivity contribution in [3.8, 4) is 0 Å². The molecule has 3 heteroatoms. The van der Waals surface area contributed by atoms with Crippen molar-refractivity contribution in [2.24, 2.45) is 0 Å². The van der Waals surface area contributed by atoms with Crippen LogP contribution in [0.2, 0.25) is 0 Å². The zero-order valence-corrected chi connectivity index (χ0v) is 20.4. The van der Waals surface area contributed by atoms with Crippen LogP contribution in [0.5, 0.6) is 0 Å². The molecule has 0 heterocycles. The van der Waals surface area contributed by atoms with Gasteiger partial charge in [-0.1, -0.05) is 94.6 Å². The molecule has 0 bridgehead atoms. The maximum atomic E-state index is 4.35. The molecule has 0 N–H and O–H groups in total. The molecule has 2 nitrogen and oxygen atoms in total. The predicted molar refractivity (Wildman–Crippen MR) is 130 cm³/mol. The minimum atomic E-state index is -1.36. The number of rotatable bonds is 17. The Morgan fingerprint density at radius 1 is 0.750 bits per heavy atom. The number of nitrogens with zero attached hydrogens (tertiary/aromatic N) is 2. The average molecular weight is 403 g/mol. The highest BCUT2D eigenvalue weighted by molar-refractivity contribution is 6.78. The van der Waals surface area contributed by atoms with Gasteiger partial charge in [-0.2, -0.15) is 0 Å². The van der Waals surface area contributed by atoms with Crippen LogP contribution >= 0.6 is 0 Å². The molecule has 160 valence electrons. The summed E-state index contributed by atoms with van der Waals surface area (Å²) in [6, 6.07) is 11.3. The monoisotopic (exact) mass is 402 g/mol. The molecule has 1 atom stereocenters. The van der Waals surface area contributed by atoms with E-state index in [1.807, 2.05) is 0 Å². The van der Waals surface area contributed by atoms with Gasteiger partial charge in [0.1, 0.15) is 8.80 Å². The zero-order chi connectivity index (χ0) is 20.6. The number of hydrogen-bond donors (Lipinski definition) is 0. The van der Waals surface area contributed by atoms with Gasteiger partial charge in [-0.3, -0.25) is 9.80 Å². The van der Waals surface area contributed by atoms with E-state index in [-0.39, 0.29) is 0 Å². The van der Waals surface area contributed by atoms with Crippen molar-refractivity contribution in [1.82, 2.24) is 9.80 Å². The van der Waals surface area contributed by atoms with E-state index in [1.54, 1.807) is 5.19 Å². The third kappa shape index (κ3) is 8.63. The van der Waals surface area contributed by atoms with Gasteiger partial charge in [-0.15, -0.1) is 6.58 Å². The molecule has 0 radical (unpaired) electrons. The normalized spacial score (nSPS) is 12.8. The molecule has 0 amide bonds. The maximum Gasteiger partial charge on any atom is 0.129 e. The first-order valence-corrected chi connectivity index (χ1v) is 13.8. The summed E-state index contributed by atoms with van der Waals surface area (Å²) in [4.78, 5) is 5.67. The van der Waals surface area contributed by atoms with E-state index in [2.05, 4.69) is 80.1 Å². The maximum absolute atomic E-state index is 4.35. The van der Waals surface area contributed by atoms with Crippen molar-refractivity contribution in [2.45, 2.75) is 84.9 Å². The van der Waals surface area contributed by atoms with E-state index in [9.17, 15) is 0 Å².